The highest BCUT2D eigenvalue weighted by atomic mass is 32.2. The fraction of sp³-hybridized carbons (Fsp3) is 0.333. The summed E-state index contributed by atoms with van der Waals surface area (Å²) < 4.78 is 4.99. The van der Waals surface area contributed by atoms with Gasteiger partial charge < -0.3 is 0 Å². The van der Waals surface area contributed by atoms with Gasteiger partial charge >= 0.3 is 0 Å². The normalized spacial score (nSPS) is 9.47. The van der Waals surface area contributed by atoms with Crippen molar-refractivity contribution in [1.29, 1.82) is 10.5 Å². The first-order valence-corrected chi connectivity index (χ1v) is 8.19. The van der Waals surface area contributed by atoms with E-state index in [1.807, 2.05) is 10.8 Å². The van der Waals surface area contributed by atoms with Crippen LogP contribution in [0.1, 0.15) is 0 Å². The van der Waals surface area contributed by atoms with Gasteiger partial charge in [-0.05, 0) is 35.1 Å². The predicted octanol–water partition coefficient (Wildman–Crippen LogP) is 3.07. The molecule has 0 fully saturated rings. The molecule has 0 radical (unpaired) electrons. The summed E-state index contributed by atoms with van der Waals surface area (Å²) in [4.78, 5) is 4.24. The number of nitriles is 2. The van der Waals surface area contributed by atoms with E-state index in [1.165, 1.54) is 58.6 Å². The standard InChI is InChI=1S/C6H4N4S5/c7-1-11-3-13-5-9-6(15-10-5)14-4-12-2-8/h3-4H2. The van der Waals surface area contributed by atoms with Gasteiger partial charge in [0.15, 0.2) is 4.34 Å². The maximum Gasteiger partial charge on any atom is 0.202 e. The Labute approximate surface area is 108 Å². The Hall–Kier alpha value is -0.0600. The zero-order valence-electron chi connectivity index (χ0n) is 7.24. The van der Waals surface area contributed by atoms with Crippen molar-refractivity contribution in [2.75, 3.05) is 10.2 Å². The molecule has 1 aromatic rings. The number of hydrogen-bond donors (Lipinski definition) is 0. The van der Waals surface area contributed by atoms with Crippen molar-refractivity contribution >= 4 is 58.6 Å². The molecule has 9 heteroatoms. The van der Waals surface area contributed by atoms with Crippen molar-refractivity contribution in [2.45, 2.75) is 9.50 Å². The minimum Gasteiger partial charge on any atom is -0.203 e. The number of nitrogens with zero attached hydrogens (tertiary/aromatic N) is 4. The topological polar surface area (TPSA) is 73.4 Å². The SMILES string of the molecule is N#CSCSc1nsc(SCSC#N)n1. The average Bonchev–Trinajstić information content (AvgIpc) is 2.67. The van der Waals surface area contributed by atoms with Gasteiger partial charge in [-0.1, -0.05) is 23.5 Å². The van der Waals surface area contributed by atoms with Crippen LogP contribution in [0.25, 0.3) is 0 Å². The van der Waals surface area contributed by atoms with E-state index in [2.05, 4.69) is 9.36 Å². The Balaban J connectivity index is 2.30. The number of thioether (sulfide) groups is 4. The maximum atomic E-state index is 8.32. The van der Waals surface area contributed by atoms with Crippen LogP contribution < -0.4 is 0 Å². The fourth-order valence-electron chi connectivity index (χ4n) is 0.529. The molecule has 0 amide bonds. The van der Waals surface area contributed by atoms with Crippen molar-refractivity contribution in [3.63, 3.8) is 0 Å². The Morgan fingerprint density at radius 3 is 2.47 bits per heavy atom. The highest BCUT2D eigenvalue weighted by Crippen LogP contribution is 2.27. The summed E-state index contributed by atoms with van der Waals surface area (Å²) in [6.07, 6.45) is 0. The summed E-state index contributed by atoms with van der Waals surface area (Å²) in [7, 11) is 0. The van der Waals surface area contributed by atoms with E-state index in [4.69, 9.17) is 10.5 Å². The third-order valence-corrected chi connectivity index (χ3v) is 5.13. The van der Waals surface area contributed by atoms with Crippen LogP contribution in [0.15, 0.2) is 9.50 Å². The molecule has 0 aliphatic rings. The Bertz CT molecular complexity index is 343. The molecule has 0 spiro atoms. The lowest BCUT2D eigenvalue weighted by atomic mass is 11.3. The van der Waals surface area contributed by atoms with Gasteiger partial charge in [-0.3, -0.25) is 0 Å². The van der Waals surface area contributed by atoms with Crippen LogP contribution in [0, 0.1) is 21.3 Å². The molecule has 78 valence electrons. The molecule has 1 heterocycles. The van der Waals surface area contributed by atoms with Crippen molar-refractivity contribution in [1.82, 2.24) is 9.36 Å². The number of hydrogen-bond acceptors (Lipinski definition) is 9. The first-order valence-electron chi connectivity index (χ1n) is 3.48. The zero-order chi connectivity index (χ0) is 10.9. The summed E-state index contributed by atoms with van der Waals surface area (Å²) in [5.41, 5.74) is 0. The van der Waals surface area contributed by atoms with E-state index >= 15 is 0 Å². The molecular weight excluding hydrogens is 288 g/mol. The van der Waals surface area contributed by atoms with Gasteiger partial charge in [0, 0.05) is 0 Å². The molecule has 15 heavy (non-hydrogen) atoms. The Morgan fingerprint density at radius 2 is 1.80 bits per heavy atom. The van der Waals surface area contributed by atoms with Gasteiger partial charge in [0.25, 0.3) is 0 Å². The van der Waals surface area contributed by atoms with Crippen LogP contribution >= 0.6 is 58.6 Å². The van der Waals surface area contributed by atoms with Crippen LogP contribution in [0.4, 0.5) is 0 Å². The zero-order valence-corrected chi connectivity index (χ0v) is 11.3. The fourth-order valence-corrected chi connectivity index (χ4v) is 4.07. The van der Waals surface area contributed by atoms with Crippen molar-refractivity contribution < 1.29 is 0 Å². The minimum absolute atomic E-state index is 0.643. The van der Waals surface area contributed by atoms with Crippen molar-refractivity contribution in [3.05, 3.63) is 0 Å². The summed E-state index contributed by atoms with van der Waals surface area (Å²) in [5.74, 6) is 0. The third kappa shape index (κ3) is 5.54. The first kappa shape index (κ1) is 13.0. The average molecular weight is 292 g/mol. The predicted molar refractivity (Wildman–Crippen MR) is 67.8 cm³/mol. The summed E-state index contributed by atoms with van der Waals surface area (Å²) in [6.45, 7) is 0. The lowest BCUT2D eigenvalue weighted by molar-refractivity contribution is 1.02. The summed E-state index contributed by atoms with van der Waals surface area (Å²) >= 11 is 6.64. The molecular formula is C6H4N4S5. The molecule has 0 N–H and O–H groups in total. The summed E-state index contributed by atoms with van der Waals surface area (Å²) in [6, 6.07) is 0. The molecule has 0 atom stereocenters. The van der Waals surface area contributed by atoms with Crippen LogP contribution in [-0.4, -0.2) is 19.5 Å². The maximum absolute atomic E-state index is 8.32. The second kappa shape index (κ2) is 8.13. The van der Waals surface area contributed by atoms with E-state index in [-0.39, 0.29) is 0 Å². The molecule has 0 unspecified atom stereocenters. The van der Waals surface area contributed by atoms with Gasteiger partial charge in [-0.15, -0.1) is 0 Å². The minimum atomic E-state index is 0.643. The van der Waals surface area contributed by atoms with E-state index in [1.54, 1.807) is 0 Å². The molecule has 0 saturated heterocycles. The molecule has 0 saturated carbocycles. The number of thiocyanates is 2. The Morgan fingerprint density at radius 1 is 1.13 bits per heavy atom. The monoisotopic (exact) mass is 292 g/mol. The lowest BCUT2D eigenvalue weighted by Crippen LogP contribution is -1.75. The molecule has 1 aromatic heterocycles. The number of aromatic nitrogens is 2. The van der Waals surface area contributed by atoms with Gasteiger partial charge in [0.2, 0.25) is 5.16 Å². The second-order valence-corrected chi connectivity index (χ2v) is 7.01. The third-order valence-electron chi connectivity index (χ3n) is 1.01. The molecule has 0 aliphatic heterocycles. The Kier molecular flexibility index (Phi) is 7.05. The van der Waals surface area contributed by atoms with E-state index in [0.29, 0.717) is 15.3 Å². The smallest absolute Gasteiger partial charge is 0.202 e. The molecule has 4 nitrogen and oxygen atoms in total. The summed E-state index contributed by atoms with van der Waals surface area (Å²) in [5, 5.41) is 22.6. The molecule has 0 bridgehead atoms. The molecule has 0 aromatic carbocycles. The van der Waals surface area contributed by atoms with Gasteiger partial charge in [0.05, 0.1) is 10.2 Å². The first-order chi connectivity index (χ1) is 7.36. The van der Waals surface area contributed by atoms with Crippen LogP contribution in [-0.2, 0) is 0 Å². The van der Waals surface area contributed by atoms with E-state index in [0.717, 1.165) is 4.34 Å². The highest BCUT2D eigenvalue weighted by molar-refractivity contribution is 8.19. The second-order valence-electron chi connectivity index (χ2n) is 1.84. The van der Waals surface area contributed by atoms with Gasteiger partial charge in [-0.25, -0.2) is 4.98 Å². The highest BCUT2D eigenvalue weighted by Gasteiger charge is 2.04. The largest absolute Gasteiger partial charge is 0.203 e. The van der Waals surface area contributed by atoms with Crippen LogP contribution in [0.2, 0.25) is 0 Å². The quantitative estimate of drug-likeness (QED) is 0.343. The van der Waals surface area contributed by atoms with E-state index < -0.39 is 0 Å². The molecule has 1 rings (SSSR count). The number of rotatable bonds is 6. The lowest BCUT2D eigenvalue weighted by Gasteiger charge is -1.89. The molecule has 0 aliphatic carbocycles. The van der Waals surface area contributed by atoms with Crippen molar-refractivity contribution in [3.8, 4) is 10.8 Å². The van der Waals surface area contributed by atoms with E-state index in [9.17, 15) is 0 Å². The van der Waals surface area contributed by atoms with Gasteiger partial charge in [-0.2, -0.15) is 14.9 Å². The van der Waals surface area contributed by atoms with Crippen LogP contribution in [0.5, 0.6) is 0 Å². The van der Waals surface area contributed by atoms with Crippen molar-refractivity contribution in [2.24, 2.45) is 0 Å². The van der Waals surface area contributed by atoms with Gasteiger partial charge in [0.1, 0.15) is 10.8 Å². The van der Waals surface area contributed by atoms with Crippen LogP contribution in [0.3, 0.4) is 0 Å².